The number of phosphoric acid groups is 1. The van der Waals surface area contributed by atoms with Crippen molar-refractivity contribution in [1.29, 1.82) is 0 Å². The lowest BCUT2D eigenvalue weighted by atomic mass is 9.86. The lowest BCUT2D eigenvalue weighted by Crippen LogP contribution is -2.41. The number of imidazole rings is 1. The van der Waals surface area contributed by atoms with E-state index in [9.17, 15) is 48.1 Å². The van der Waals surface area contributed by atoms with Gasteiger partial charge in [0.05, 0.1) is 24.6 Å². The van der Waals surface area contributed by atoms with Gasteiger partial charge in [-0.2, -0.15) is 4.31 Å². The lowest BCUT2D eigenvalue weighted by molar-refractivity contribution is -0.0521. The second-order valence-corrected chi connectivity index (χ2v) is 22.3. The fourth-order valence-corrected chi connectivity index (χ4v) is 13.0. The van der Waals surface area contributed by atoms with Crippen LogP contribution in [-0.2, 0) is 44.8 Å². The molecule has 4 aliphatic heterocycles. The van der Waals surface area contributed by atoms with Gasteiger partial charge >= 0.3 is 35.4 Å². The van der Waals surface area contributed by atoms with E-state index in [4.69, 9.17) is 34.3 Å². The summed E-state index contributed by atoms with van der Waals surface area (Å²) in [6, 6.07) is 12.7. The van der Waals surface area contributed by atoms with Crippen LogP contribution in [0, 0.1) is 0 Å². The van der Waals surface area contributed by atoms with Gasteiger partial charge in [0, 0.05) is 71.8 Å². The maximum atomic E-state index is 13.6. The molecule has 30 heteroatoms. The summed E-state index contributed by atoms with van der Waals surface area (Å²) in [4.78, 5) is 92.9. The quantitative estimate of drug-likeness (QED) is 0.0350. The monoisotopic (exact) mass is 1090 g/mol. The highest BCUT2D eigenvalue weighted by Gasteiger charge is 2.49. The Balaban J connectivity index is 0.914. The van der Waals surface area contributed by atoms with Crippen LogP contribution in [0.3, 0.4) is 0 Å². The number of rotatable bonds is 17. The van der Waals surface area contributed by atoms with E-state index in [1.165, 1.54) is 16.7 Å². The molecule has 1 fully saturated rings. The second-order valence-electron chi connectivity index (χ2n) is 17.6. The van der Waals surface area contributed by atoms with Crippen molar-refractivity contribution in [3.8, 4) is 11.5 Å². The summed E-state index contributed by atoms with van der Waals surface area (Å²) in [7, 11) is -16.7. The van der Waals surface area contributed by atoms with Crippen molar-refractivity contribution in [2.24, 2.45) is 0 Å². The Labute approximate surface area is 420 Å². The Kier molecular flexibility index (Phi) is 14.8. The first-order valence-corrected chi connectivity index (χ1v) is 28.0. The van der Waals surface area contributed by atoms with Gasteiger partial charge < -0.3 is 65.3 Å². The summed E-state index contributed by atoms with van der Waals surface area (Å²) in [6.45, 7) is 6.10. The first-order chi connectivity index (χ1) is 35.1. The number of ether oxygens (including phenoxy) is 3. The number of anilines is 2. The number of carbonyl (C=O) groups excluding carboxylic acids is 2. The summed E-state index contributed by atoms with van der Waals surface area (Å²) in [5, 5.41) is 28.9. The van der Waals surface area contributed by atoms with Crippen molar-refractivity contribution in [2.45, 2.75) is 64.1 Å². The van der Waals surface area contributed by atoms with Gasteiger partial charge in [-0.25, -0.2) is 42.8 Å². The zero-order chi connectivity index (χ0) is 52.9. The number of carboxylic acids is 1. The highest BCUT2D eigenvalue weighted by Crippen LogP contribution is 2.61. The van der Waals surface area contributed by atoms with Crippen molar-refractivity contribution in [2.75, 3.05) is 56.5 Å². The smallest absolute Gasteiger partial charge is 0.478 e. The minimum absolute atomic E-state index is 0.0203. The van der Waals surface area contributed by atoms with Crippen LogP contribution in [0.25, 0.3) is 16.7 Å². The first-order valence-electron chi connectivity index (χ1n) is 23.3. The number of hydrogen-bond donors (Lipinski definition) is 10. The number of aliphatic hydroxyl groups excluding tert-OH is 1. The minimum atomic E-state index is -5.64. The summed E-state index contributed by atoms with van der Waals surface area (Å²) in [5.74, 6) is -0.772. The maximum absolute atomic E-state index is 13.6. The van der Waals surface area contributed by atoms with Crippen LogP contribution in [-0.4, -0.2) is 131 Å². The van der Waals surface area contributed by atoms with E-state index in [1.807, 2.05) is 12.1 Å². The van der Waals surface area contributed by atoms with E-state index in [-0.39, 0.29) is 41.2 Å². The summed E-state index contributed by atoms with van der Waals surface area (Å²) in [6.07, 6.45) is -2.00. The SMILES string of the molecule is CCN1CCCc2cc3c(cc21)Oc1cc2c(cc1=C3c1ccc(C(=O)NCCNC(=O)O[C@@H]3[C@H](O)[C@@H](COP(=O)(O)OP(=O)(O)NP(=O)(O)O)O[C@H]3n3cnc4c(N)ncnc43)cc1C(=O)O)CCC[N+]=2CC. The summed E-state index contributed by atoms with van der Waals surface area (Å²) in [5.41, 5.74) is 11.1. The highest BCUT2D eigenvalue weighted by atomic mass is 31.3. The number of amides is 2. The van der Waals surface area contributed by atoms with Crippen LogP contribution < -0.4 is 46.0 Å². The molecule has 4 aliphatic rings. The van der Waals surface area contributed by atoms with E-state index >= 15 is 0 Å². The molecule has 11 N–H and O–H groups in total. The van der Waals surface area contributed by atoms with Crippen molar-refractivity contribution in [3.05, 3.63) is 99.1 Å². The molecule has 0 aliphatic carbocycles. The van der Waals surface area contributed by atoms with Crippen molar-refractivity contribution in [1.82, 2.24) is 39.6 Å². The molecule has 27 nitrogen and oxygen atoms in total. The number of alkyl carbamates (subject to hydrolysis) is 1. The normalized spacial score (nSPS) is 20.8. The molecule has 5 aromatic rings. The molecule has 394 valence electrons. The average Bonchev–Trinajstić information content (AvgIpc) is 3.91. The molecule has 0 bridgehead atoms. The molecule has 1 saturated heterocycles. The van der Waals surface area contributed by atoms with Crippen molar-refractivity contribution < 1.29 is 80.9 Å². The Bertz CT molecular complexity index is 3370. The Hall–Kier alpha value is -6.18. The number of phosphoric ester groups is 1. The molecule has 6 atom stereocenters. The molecule has 6 heterocycles. The topological polar surface area (TPSA) is 382 Å². The lowest BCUT2D eigenvalue weighted by Gasteiger charge is -2.32. The molecule has 9 rings (SSSR count). The Morgan fingerprint density at radius 2 is 1.70 bits per heavy atom. The van der Waals surface area contributed by atoms with Gasteiger partial charge in [0.25, 0.3) is 5.91 Å². The predicted octanol–water partition coefficient (Wildman–Crippen LogP) is 1.39. The third kappa shape index (κ3) is 11.0. The van der Waals surface area contributed by atoms with Crippen molar-refractivity contribution in [3.63, 3.8) is 0 Å². The fourth-order valence-electron chi connectivity index (χ4n) is 9.61. The van der Waals surface area contributed by atoms with Gasteiger partial charge in [-0.1, -0.05) is 6.07 Å². The molecule has 0 spiro atoms. The zero-order valence-corrected chi connectivity index (χ0v) is 42.2. The number of carbonyl (C=O) groups is 3. The number of nitrogens with two attached hydrogens (primary N) is 1. The van der Waals surface area contributed by atoms with Gasteiger partial charge in [0.15, 0.2) is 23.8 Å². The van der Waals surface area contributed by atoms with Crippen LogP contribution in [0.4, 0.5) is 16.3 Å². The first kappa shape index (κ1) is 52.7. The molecule has 0 saturated carbocycles. The third-order valence-electron chi connectivity index (χ3n) is 12.9. The van der Waals surface area contributed by atoms with Crippen LogP contribution in [0.15, 0.2) is 55.1 Å². The second kappa shape index (κ2) is 20.9. The molecule has 74 heavy (non-hydrogen) atoms. The Morgan fingerprint density at radius 1 is 0.932 bits per heavy atom. The standard InChI is InChI=1S/C44H51N10O17P3/c1-3-52-13-5-7-23-15-28-32(18-30(23)52)68-33-19-31-24(8-6-14-53(31)4-2)16-29(33)35(28)26-10-9-25(17-27(26)43(57)58)41(56)46-11-12-47-44(59)70-38-37(55)34(20-67-74(65,66)71-73(63,64)51-72(60,61)62)69-42(38)54-22-50-36-39(45)48-21-49-40(36)54/h9-10,15-19,21-22,34,37-38,42,55H,3-8,11-14,20H2,1-2H3,(H9-,45,46,47,48,49,51,56,57,58,59,60,61,62,63,64,65,66)/p+1/t34-,37-,38-,42-/m1/s1. The molecular weight excluding hydrogens is 1030 g/mol. The minimum Gasteiger partial charge on any atom is -0.478 e. The van der Waals surface area contributed by atoms with E-state index < -0.39 is 72.4 Å². The molecule has 2 unspecified atom stereocenters. The summed E-state index contributed by atoms with van der Waals surface area (Å²) < 4.78 is 65.9. The third-order valence-corrected chi connectivity index (χ3v) is 17.1. The largest absolute Gasteiger partial charge is 0.480 e. The van der Waals surface area contributed by atoms with Gasteiger partial charge in [0.2, 0.25) is 5.36 Å². The van der Waals surface area contributed by atoms with Crippen LogP contribution in [0.2, 0.25) is 0 Å². The average molecular weight is 1090 g/mol. The molecule has 0 radical (unpaired) electrons. The fraction of sp³-hybridized carbons (Fsp3) is 0.386. The molecule has 3 aromatic carbocycles. The highest BCUT2D eigenvalue weighted by molar-refractivity contribution is 7.70. The molecular formula is C44H52N10O17P3+. The van der Waals surface area contributed by atoms with Crippen LogP contribution in [0.5, 0.6) is 11.5 Å². The number of benzene rings is 3. The van der Waals surface area contributed by atoms with Gasteiger partial charge in [0.1, 0.15) is 48.6 Å². The van der Waals surface area contributed by atoms with E-state index in [0.29, 0.717) is 22.6 Å². The zero-order valence-electron chi connectivity index (χ0n) is 39.6. The number of nitrogens with zero attached hydrogens (tertiary/aromatic N) is 6. The van der Waals surface area contributed by atoms with E-state index in [0.717, 1.165) is 102 Å². The van der Waals surface area contributed by atoms with E-state index in [1.54, 1.807) is 6.07 Å². The van der Waals surface area contributed by atoms with Crippen LogP contribution >= 0.6 is 23.3 Å². The van der Waals surface area contributed by atoms with Gasteiger partial charge in [-0.15, -0.1) is 4.86 Å². The number of aromatic nitrogens is 4. The number of aromatic carboxylic acids is 1. The number of nitrogen functional groups attached to an aromatic ring is 1. The summed E-state index contributed by atoms with van der Waals surface area (Å²) >= 11 is 0. The number of aryl methyl sites for hydroxylation is 2. The number of fused-ring (bicyclic) bond motifs is 5. The number of aliphatic hydroxyl groups is 1. The van der Waals surface area contributed by atoms with Crippen LogP contribution in [0.1, 0.15) is 75.9 Å². The van der Waals surface area contributed by atoms with Gasteiger partial charge in [-0.3, -0.25) is 13.9 Å². The van der Waals surface area contributed by atoms with Gasteiger partial charge in [-0.05, 0) is 68.5 Å². The van der Waals surface area contributed by atoms with E-state index in [2.05, 4.69) is 65.4 Å². The van der Waals surface area contributed by atoms with Crippen molar-refractivity contribution >= 4 is 69.5 Å². The molecule has 2 aromatic heterocycles. The number of carboxylic acid groups (broad SMARTS) is 1. The molecule has 2 amide bonds. The maximum Gasteiger partial charge on any atom is 0.480 e. The predicted molar refractivity (Wildman–Crippen MR) is 261 cm³/mol. The number of hydrogen-bond acceptors (Lipinski definition) is 17. The number of nitrogens with one attached hydrogen (secondary N) is 3. The Morgan fingerprint density at radius 3 is 2.45 bits per heavy atom.